The summed E-state index contributed by atoms with van der Waals surface area (Å²) in [4.78, 5) is 12.7. The molecule has 1 atom stereocenters. The zero-order chi connectivity index (χ0) is 19.7. The highest BCUT2D eigenvalue weighted by Crippen LogP contribution is 2.36. The van der Waals surface area contributed by atoms with Gasteiger partial charge in [0.2, 0.25) is 0 Å². The molecule has 1 N–H and O–H groups in total. The van der Waals surface area contributed by atoms with Crippen molar-refractivity contribution in [1.29, 1.82) is 0 Å². The number of methoxy groups -OCH3 is 1. The Kier molecular flexibility index (Phi) is 4.65. The summed E-state index contributed by atoms with van der Waals surface area (Å²) in [5, 5.41) is 4.83. The van der Waals surface area contributed by atoms with Crippen LogP contribution >= 0.6 is 0 Å². The van der Waals surface area contributed by atoms with Crippen LogP contribution in [0, 0.1) is 6.92 Å². The van der Waals surface area contributed by atoms with Gasteiger partial charge in [-0.2, -0.15) is 0 Å². The minimum atomic E-state index is -0.669. The maximum absolute atomic E-state index is 12.7. The molecule has 5 nitrogen and oxygen atoms in total. The number of fused-ring (bicyclic) bond motifs is 3. The van der Waals surface area contributed by atoms with Crippen LogP contribution in [0.1, 0.15) is 12.5 Å². The van der Waals surface area contributed by atoms with Crippen LogP contribution < -0.4 is 14.8 Å². The molecule has 0 aliphatic carbocycles. The van der Waals surface area contributed by atoms with Gasteiger partial charge >= 0.3 is 0 Å². The first-order valence-electron chi connectivity index (χ1n) is 9.09. The Labute approximate surface area is 162 Å². The summed E-state index contributed by atoms with van der Waals surface area (Å²) in [6.07, 6.45) is -0.669. The van der Waals surface area contributed by atoms with E-state index in [2.05, 4.69) is 5.32 Å². The standard InChI is InChI=1S/C23H21NO4/c1-14-8-4-6-10-19(14)27-15(2)23(25)24-18-13-21-17(12-22(18)26-3)16-9-5-7-11-20(16)28-21/h4-13,15H,1-3H3,(H,24,25)/t15-/m1/s1. The maximum atomic E-state index is 12.7. The Balaban J connectivity index is 1.62. The predicted molar refractivity (Wildman–Crippen MR) is 110 cm³/mol. The average molecular weight is 375 g/mol. The number of aryl methyl sites for hydroxylation is 1. The van der Waals surface area contributed by atoms with Gasteiger partial charge in [-0.05, 0) is 37.6 Å². The van der Waals surface area contributed by atoms with Crippen LogP contribution in [0.2, 0.25) is 0 Å². The summed E-state index contributed by atoms with van der Waals surface area (Å²) in [6.45, 7) is 3.66. The van der Waals surface area contributed by atoms with E-state index in [0.29, 0.717) is 22.8 Å². The second kappa shape index (κ2) is 7.27. The highest BCUT2D eigenvalue weighted by Gasteiger charge is 2.19. The number of hydrogen-bond acceptors (Lipinski definition) is 4. The van der Waals surface area contributed by atoms with E-state index in [-0.39, 0.29) is 5.91 Å². The lowest BCUT2D eigenvalue weighted by molar-refractivity contribution is -0.122. The molecule has 0 aliphatic heterocycles. The number of rotatable bonds is 5. The number of amides is 1. The molecule has 4 rings (SSSR count). The number of anilines is 1. The lowest BCUT2D eigenvalue weighted by Gasteiger charge is -2.17. The molecule has 4 aromatic rings. The third-order valence-corrected chi connectivity index (χ3v) is 4.72. The van der Waals surface area contributed by atoms with Crippen molar-refractivity contribution in [2.45, 2.75) is 20.0 Å². The predicted octanol–water partition coefficient (Wildman–Crippen LogP) is 5.31. The molecular weight excluding hydrogens is 354 g/mol. The molecule has 0 saturated carbocycles. The van der Waals surface area contributed by atoms with Crippen molar-refractivity contribution in [2.24, 2.45) is 0 Å². The van der Waals surface area contributed by atoms with Gasteiger partial charge in [0.15, 0.2) is 6.10 Å². The number of carbonyl (C=O) groups is 1. The van der Waals surface area contributed by atoms with Crippen molar-refractivity contribution in [3.8, 4) is 11.5 Å². The minimum Gasteiger partial charge on any atom is -0.495 e. The van der Waals surface area contributed by atoms with E-state index < -0.39 is 6.10 Å². The van der Waals surface area contributed by atoms with Crippen molar-refractivity contribution >= 4 is 33.5 Å². The van der Waals surface area contributed by atoms with E-state index in [9.17, 15) is 4.79 Å². The van der Waals surface area contributed by atoms with Gasteiger partial charge in [-0.15, -0.1) is 0 Å². The average Bonchev–Trinajstić information content (AvgIpc) is 3.06. The summed E-state index contributed by atoms with van der Waals surface area (Å²) in [5.74, 6) is 0.984. The molecule has 142 valence electrons. The monoisotopic (exact) mass is 375 g/mol. The maximum Gasteiger partial charge on any atom is 0.265 e. The molecule has 5 heteroatoms. The molecule has 0 bridgehead atoms. The number of benzene rings is 3. The van der Waals surface area contributed by atoms with E-state index in [1.54, 1.807) is 20.1 Å². The van der Waals surface area contributed by atoms with Crippen molar-refractivity contribution in [2.75, 3.05) is 12.4 Å². The van der Waals surface area contributed by atoms with Gasteiger partial charge in [-0.25, -0.2) is 0 Å². The smallest absolute Gasteiger partial charge is 0.265 e. The van der Waals surface area contributed by atoms with Gasteiger partial charge < -0.3 is 19.2 Å². The number of ether oxygens (including phenoxy) is 2. The largest absolute Gasteiger partial charge is 0.495 e. The SMILES string of the molecule is COc1cc2c(cc1NC(=O)[C@@H](C)Oc1ccccc1C)oc1ccccc12. The van der Waals surface area contributed by atoms with E-state index in [0.717, 1.165) is 21.9 Å². The Bertz CT molecular complexity index is 1160. The summed E-state index contributed by atoms with van der Waals surface area (Å²) < 4.78 is 17.2. The molecule has 28 heavy (non-hydrogen) atoms. The molecule has 0 aliphatic rings. The van der Waals surface area contributed by atoms with Crippen molar-refractivity contribution in [1.82, 2.24) is 0 Å². The number of furan rings is 1. The lowest BCUT2D eigenvalue weighted by atomic mass is 10.1. The first-order valence-corrected chi connectivity index (χ1v) is 9.09. The van der Waals surface area contributed by atoms with Gasteiger partial charge in [0.05, 0.1) is 12.8 Å². The highest BCUT2D eigenvalue weighted by atomic mass is 16.5. The van der Waals surface area contributed by atoms with E-state index >= 15 is 0 Å². The molecule has 0 fully saturated rings. The zero-order valence-corrected chi connectivity index (χ0v) is 16.0. The van der Waals surface area contributed by atoms with E-state index in [1.807, 2.05) is 61.5 Å². The molecule has 1 amide bonds. The Morgan fingerprint density at radius 3 is 2.50 bits per heavy atom. The van der Waals surface area contributed by atoms with Gasteiger partial charge in [0.1, 0.15) is 22.7 Å². The van der Waals surface area contributed by atoms with Gasteiger partial charge in [0.25, 0.3) is 5.91 Å². The number of hydrogen-bond donors (Lipinski definition) is 1. The zero-order valence-electron chi connectivity index (χ0n) is 16.0. The van der Waals surface area contributed by atoms with Gasteiger partial charge in [-0.3, -0.25) is 4.79 Å². The second-order valence-corrected chi connectivity index (χ2v) is 6.66. The topological polar surface area (TPSA) is 60.7 Å². The molecular formula is C23H21NO4. The van der Waals surface area contributed by atoms with Crippen LogP contribution in [0.5, 0.6) is 11.5 Å². The summed E-state index contributed by atoms with van der Waals surface area (Å²) in [7, 11) is 1.58. The second-order valence-electron chi connectivity index (χ2n) is 6.66. The number of carbonyl (C=O) groups excluding carboxylic acids is 1. The number of para-hydroxylation sites is 2. The van der Waals surface area contributed by atoms with Crippen molar-refractivity contribution in [3.05, 3.63) is 66.2 Å². The van der Waals surface area contributed by atoms with E-state index in [1.165, 1.54) is 0 Å². The van der Waals surface area contributed by atoms with Crippen LogP contribution in [0.25, 0.3) is 21.9 Å². The highest BCUT2D eigenvalue weighted by molar-refractivity contribution is 6.08. The summed E-state index contributed by atoms with van der Waals surface area (Å²) in [6, 6.07) is 19.1. The lowest BCUT2D eigenvalue weighted by Crippen LogP contribution is -2.30. The van der Waals surface area contributed by atoms with Gasteiger partial charge in [-0.1, -0.05) is 36.4 Å². The third kappa shape index (κ3) is 3.27. The fourth-order valence-corrected chi connectivity index (χ4v) is 3.19. The van der Waals surface area contributed by atoms with Gasteiger partial charge in [0, 0.05) is 16.8 Å². The molecule has 3 aromatic carbocycles. The van der Waals surface area contributed by atoms with Crippen LogP contribution in [0.4, 0.5) is 5.69 Å². The normalized spacial score (nSPS) is 12.1. The van der Waals surface area contributed by atoms with Crippen LogP contribution in [-0.4, -0.2) is 19.1 Å². The first kappa shape index (κ1) is 17.9. The fourth-order valence-electron chi connectivity index (χ4n) is 3.19. The Morgan fingerprint density at radius 1 is 0.964 bits per heavy atom. The Morgan fingerprint density at radius 2 is 1.71 bits per heavy atom. The summed E-state index contributed by atoms with van der Waals surface area (Å²) in [5.41, 5.74) is 2.99. The quantitative estimate of drug-likeness (QED) is 0.514. The minimum absolute atomic E-state index is 0.267. The third-order valence-electron chi connectivity index (χ3n) is 4.72. The molecule has 0 saturated heterocycles. The van der Waals surface area contributed by atoms with Crippen LogP contribution in [0.3, 0.4) is 0 Å². The molecule has 1 heterocycles. The van der Waals surface area contributed by atoms with Crippen molar-refractivity contribution in [3.63, 3.8) is 0 Å². The number of nitrogens with one attached hydrogen (secondary N) is 1. The van der Waals surface area contributed by atoms with Crippen LogP contribution in [0.15, 0.2) is 65.1 Å². The molecule has 0 spiro atoms. The summed E-state index contributed by atoms with van der Waals surface area (Å²) >= 11 is 0. The Hall–Kier alpha value is -3.47. The van der Waals surface area contributed by atoms with Crippen molar-refractivity contribution < 1.29 is 18.7 Å². The molecule has 0 unspecified atom stereocenters. The molecule has 1 aromatic heterocycles. The first-order chi connectivity index (χ1) is 13.6. The fraction of sp³-hybridized carbons (Fsp3) is 0.174. The van der Waals surface area contributed by atoms with E-state index in [4.69, 9.17) is 13.9 Å². The molecule has 0 radical (unpaired) electrons. The van der Waals surface area contributed by atoms with Crippen LogP contribution in [-0.2, 0) is 4.79 Å².